The van der Waals surface area contributed by atoms with Gasteiger partial charge >= 0.3 is 0 Å². The number of amides is 1. The molecular weight excluding hydrogens is 362 g/mol. The summed E-state index contributed by atoms with van der Waals surface area (Å²) in [5.41, 5.74) is 0.153. The molecule has 0 aromatic carbocycles. The summed E-state index contributed by atoms with van der Waals surface area (Å²) in [7, 11) is 1.61. The average molecular weight is 383 g/mol. The quantitative estimate of drug-likeness (QED) is 0.660. The Morgan fingerprint density at radius 3 is 3.11 bits per heavy atom. The molecule has 0 radical (unpaired) electrons. The fourth-order valence-electron chi connectivity index (χ4n) is 3.46. The monoisotopic (exact) mass is 383 g/mol. The molecule has 9 nitrogen and oxygen atoms in total. The molecule has 3 aromatic heterocycles. The van der Waals surface area contributed by atoms with Crippen molar-refractivity contribution in [3.63, 3.8) is 0 Å². The zero-order chi connectivity index (χ0) is 19.5. The van der Waals surface area contributed by atoms with Crippen LogP contribution >= 0.6 is 0 Å². The van der Waals surface area contributed by atoms with E-state index in [9.17, 15) is 9.59 Å². The molecule has 0 spiro atoms. The summed E-state index contributed by atoms with van der Waals surface area (Å²) in [6.45, 7) is 1.02. The van der Waals surface area contributed by atoms with Crippen LogP contribution in [0.1, 0.15) is 47.4 Å². The Balaban J connectivity index is 1.64. The second-order valence-corrected chi connectivity index (χ2v) is 6.71. The highest BCUT2D eigenvalue weighted by Gasteiger charge is 2.34. The highest BCUT2D eigenvalue weighted by molar-refractivity contribution is 5.94. The van der Waals surface area contributed by atoms with E-state index in [0.29, 0.717) is 43.4 Å². The van der Waals surface area contributed by atoms with Crippen molar-refractivity contribution in [1.82, 2.24) is 24.4 Å². The van der Waals surface area contributed by atoms with Crippen LogP contribution in [0, 0.1) is 0 Å². The highest BCUT2D eigenvalue weighted by atomic mass is 16.5. The number of ether oxygens (including phenoxy) is 1. The molecule has 4 heterocycles. The third-order valence-electron chi connectivity index (χ3n) is 4.91. The minimum absolute atomic E-state index is 0.0368. The SMILES string of the molecule is COCCc1noc(C2CCCCN2C(=O)c2cnc3ccccn3c2=O)n1. The van der Waals surface area contributed by atoms with Crippen molar-refractivity contribution in [2.45, 2.75) is 31.7 Å². The highest BCUT2D eigenvalue weighted by Crippen LogP contribution is 2.30. The Labute approximate surface area is 160 Å². The number of likely N-dealkylation sites (tertiary alicyclic amines) is 1. The Bertz CT molecular complexity index is 1040. The fourth-order valence-corrected chi connectivity index (χ4v) is 3.46. The van der Waals surface area contributed by atoms with E-state index in [2.05, 4.69) is 15.1 Å². The zero-order valence-corrected chi connectivity index (χ0v) is 15.6. The van der Waals surface area contributed by atoms with Crippen LogP contribution in [0.5, 0.6) is 0 Å². The van der Waals surface area contributed by atoms with Gasteiger partial charge in [0.25, 0.3) is 11.5 Å². The molecule has 9 heteroatoms. The maximum atomic E-state index is 13.2. The third kappa shape index (κ3) is 3.40. The fraction of sp³-hybridized carbons (Fsp3) is 0.421. The molecule has 1 aliphatic heterocycles. The lowest BCUT2D eigenvalue weighted by Gasteiger charge is -2.33. The number of aromatic nitrogens is 4. The zero-order valence-electron chi connectivity index (χ0n) is 15.6. The number of carbonyl (C=O) groups is 1. The van der Waals surface area contributed by atoms with Crippen molar-refractivity contribution >= 4 is 11.6 Å². The molecule has 4 rings (SSSR count). The summed E-state index contributed by atoms with van der Waals surface area (Å²) in [6.07, 6.45) is 6.00. The van der Waals surface area contributed by atoms with Gasteiger partial charge in [-0.1, -0.05) is 11.2 Å². The van der Waals surface area contributed by atoms with Gasteiger partial charge in [-0.25, -0.2) is 4.98 Å². The van der Waals surface area contributed by atoms with Crippen molar-refractivity contribution in [2.75, 3.05) is 20.3 Å². The van der Waals surface area contributed by atoms with E-state index in [1.54, 1.807) is 36.4 Å². The lowest BCUT2D eigenvalue weighted by atomic mass is 10.0. The molecule has 146 valence electrons. The average Bonchev–Trinajstić information content (AvgIpc) is 3.21. The Morgan fingerprint density at radius 1 is 1.36 bits per heavy atom. The summed E-state index contributed by atoms with van der Waals surface area (Å²) < 4.78 is 11.8. The number of hydrogen-bond acceptors (Lipinski definition) is 7. The van der Waals surface area contributed by atoms with Gasteiger partial charge in [-0.05, 0) is 31.4 Å². The van der Waals surface area contributed by atoms with E-state index in [4.69, 9.17) is 9.26 Å². The number of methoxy groups -OCH3 is 1. The second kappa shape index (κ2) is 7.89. The molecule has 28 heavy (non-hydrogen) atoms. The minimum atomic E-state index is -0.383. The van der Waals surface area contributed by atoms with Gasteiger partial charge in [0.2, 0.25) is 5.89 Å². The maximum Gasteiger partial charge on any atom is 0.270 e. The van der Waals surface area contributed by atoms with Crippen molar-refractivity contribution in [1.29, 1.82) is 0 Å². The number of piperidine rings is 1. The smallest absolute Gasteiger partial charge is 0.270 e. The molecule has 0 N–H and O–H groups in total. The van der Waals surface area contributed by atoms with E-state index >= 15 is 0 Å². The normalized spacial score (nSPS) is 17.2. The molecule has 1 fully saturated rings. The Kier molecular flexibility index (Phi) is 5.16. The van der Waals surface area contributed by atoms with E-state index < -0.39 is 0 Å². The first-order valence-electron chi connectivity index (χ1n) is 9.28. The van der Waals surface area contributed by atoms with Crippen LogP contribution in [0.25, 0.3) is 5.65 Å². The van der Waals surface area contributed by atoms with Gasteiger partial charge in [-0.2, -0.15) is 4.98 Å². The van der Waals surface area contributed by atoms with Gasteiger partial charge in [0.1, 0.15) is 17.3 Å². The Morgan fingerprint density at radius 2 is 2.25 bits per heavy atom. The molecule has 1 atom stereocenters. The van der Waals surface area contributed by atoms with Gasteiger partial charge < -0.3 is 14.2 Å². The molecule has 1 unspecified atom stereocenters. The number of nitrogens with zero attached hydrogens (tertiary/aromatic N) is 5. The number of hydrogen-bond donors (Lipinski definition) is 0. The first kappa shape index (κ1) is 18.3. The van der Waals surface area contributed by atoms with Crippen molar-refractivity contribution in [2.24, 2.45) is 0 Å². The summed E-state index contributed by atoms with van der Waals surface area (Å²) >= 11 is 0. The minimum Gasteiger partial charge on any atom is -0.384 e. The van der Waals surface area contributed by atoms with Crippen molar-refractivity contribution in [3.05, 3.63) is 58.2 Å². The predicted molar refractivity (Wildman–Crippen MR) is 99.0 cm³/mol. The van der Waals surface area contributed by atoms with Gasteiger partial charge in [0.15, 0.2) is 5.82 Å². The summed E-state index contributed by atoms with van der Waals surface area (Å²) in [4.78, 5) is 36.3. The molecule has 0 aliphatic carbocycles. The standard InChI is InChI=1S/C19H21N5O4/c1-27-11-8-15-21-17(28-22-15)14-6-2-4-9-23(14)18(25)13-12-20-16-7-3-5-10-24(16)19(13)26/h3,5,7,10,12,14H,2,4,6,8-9,11H2,1H3. The van der Waals surface area contributed by atoms with Crippen molar-refractivity contribution < 1.29 is 14.1 Å². The number of carbonyl (C=O) groups excluding carboxylic acids is 1. The van der Waals surface area contributed by atoms with Crippen molar-refractivity contribution in [3.8, 4) is 0 Å². The van der Waals surface area contributed by atoms with E-state index in [0.717, 1.165) is 12.8 Å². The van der Waals surface area contributed by atoms with Crippen LogP contribution < -0.4 is 5.56 Å². The third-order valence-corrected chi connectivity index (χ3v) is 4.91. The van der Waals surface area contributed by atoms with Gasteiger partial charge in [0.05, 0.1) is 6.61 Å². The lowest BCUT2D eigenvalue weighted by molar-refractivity contribution is 0.0559. The first-order chi connectivity index (χ1) is 13.7. The second-order valence-electron chi connectivity index (χ2n) is 6.71. The number of fused-ring (bicyclic) bond motifs is 1. The molecule has 1 amide bonds. The van der Waals surface area contributed by atoms with E-state index in [1.165, 1.54) is 10.6 Å². The largest absolute Gasteiger partial charge is 0.384 e. The number of rotatable bonds is 5. The van der Waals surface area contributed by atoms with Crippen LogP contribution in [0.15, 0.2) is 39.9 Å². The molecule has 1 saturated heterocycles. The molecule has 3 aromatic rings. The van der Waals surface area contributed by atoms with E-state index in [1.807, 2.05) is 0 Å². The van der Waals surface area contributed by atoms with Crippen LogP contribution in [-0.2, 0) is 11.2 Å². The summed E-state index contributed by atoms with van der Waals surface area (Å²) in [5, 5.41) is 3.97. The van der Waals surface area contributed by atoms with Gasteiger partial charge in [-0.15, -0.1) is 0 Å². The van der Waals surface area contributed by atoms with Crippen LogP contribution in [-0.4, -0.2) is 50.6 Å². The first-order valence-corrected chi connectivity index (χ1v) is 9.28. The van der Waals surface area contributed by atoms with Gasteiger partial charge in [0, 0.05) is 32.5 Å². The van der Waals surface area contributed by atoms with Crippen LogP contribution in [0.2, 0.25) is 0 Å². The topological polar surface area (TPSA) is 103 Å². The predicted octanol–water partition coefficient (Wildman–Crippen LogP) is 1.63. The number of pyridine rings is 1. The van der Waals surface area contributed by atoms with Crippen LogP contribution in [0.4, 0.5) is 0 Å². The molecule has 0 saturated carbocycles. The van der Waals surface area contributed by atoms with Gasteiger partial charge in [-0.3, -0.25) is 14.0 Å². The Hall–Kier alpha value is -3.07. The molecular formula is C19H21N5O4. The van der Waals surface area contributed by atoms with E-state index in [-0.39, 0.29) is 23.1 Å². The summed E-state index contributed by atoms with van der Waals surface area (Å²) in [5.74, 6) is 0.576. The summed E-state index contributed by atoms with van der Waals surface area (Å²) in [6, 6.07) is 4.90. The lowest BCUT2D eigenvalue weighted by Crippen LogP contribution is -2.41. The molecule has 1 aliphatic rings. The maximum absolute atomic E-state index is 13.2. The molecule has 0 bridgehead atoms. The van der Waals surface area contributed by atoms with Crippen LogP contribution in [0.3, 0.4) is 0 Å².